The van der Waals surface area contributed by atoms with E-state index < -0.39 is 47.4 Å². The molecule has 2 aromatic rings. The summed E-state index contributed by atoms with van der Waals surface area (Å²) in [5, 5.41) is 0. The molecule has 5 atom stereocenters. The highest BCUT2D eigenvalue weighted by Gasteiger charge is 2.72. The van der Waals surface area contributed by atoms with Crippen LogP contribution in [0.4, 0.5) is 0 Å². The Labute approximate surface area is 189 Å². The Kier molecular flexibility index (Phi) is 5.25. The number of carbonyl (C=O) groups is 4. The van der Waals surface area contributed by atoms with Crippen molar-refractivity contribution < 1.29 is 38.1 Å². The molecule has 3 heterocycles. The summed E-state index contributed by atoms with van der Waals surface area (Å²) < 4.78 is 22.0. The molecule has 0 radical (unpaired) electrons. The van der Waals surface area contributed by atoms with Gasteiger partial charge in [-0.1, -0.05) is 35.9 Å². The van der Waals surface area contributed by atoms with Crippen molar-refractivity contribution in [2.45, 2.75) is 25.0 Å². The number of esters is 4. The molecule has 0 aliphatic carbocycles. The molecule has 3 fully saturated rings. The Morgan fingerprint density at radius 3 is 2.45 bits per heavy atom. The summed E-state index contributed by atoms with van der Waals surface area (Å²) in [5.74, 6) is -4.34. The van der Waals surface area contributed by atoms with Crippen molar-refractivity contribution in [1.29, 1.82) is 0 Å². The molecule has 2 aromatic carbocycles. The van der Waals surface area contributed by atoms with Gasteiger partial charge in [0.2, 0.25) is 0 Å². The second-order valence-corrected chi connectivity index (χ2v) is 8.77. The van der Waals surface area contributed by atoms with Crippen molar-refractivity contribution >= 4 is 23.9 Å². The number of ether oxygens (including phenoxy) is 4. The Morgan fingerprint density at radius 2 is 1.70 bits per heavy atom. The van der Waals surface area contributed by atoms with Crippen molar-refractivity contribution in [3.63, 3.8) is 0 Å². The first kappa shape index (κ1) is 21.3. The Bertz CT molecular complexity index is 1130. The molecule has 2 bridgehead atoms. The molecule has 2 unspecified atom stereocenters. The second-order valence-electron chi connectivity index (χ2n) is 8.77. The number of carbonyl (C=O) groups excluding carboxylic acids is 4. The van der Waals surface area contributed by atoms with Gasteiger partial charge in [-0.3, -0.25) is 9.59 Å². The molecule has 3 saturated heterocycles. The quantitative estimate of drug-likeness (QED) is 0.376. The van der Waals surface area contributed by atoms with Gasteiger partial charge in [-0.05, 0) is 37.6 Å². The fourth-order valence-corrected chi connectivity index (χ4v) is 5.14. The third kappa shape index (κ3) is 3.70. The topological polar surface area (TPSA) is 105 Å². The third-order valence-electron chi connectivity index (χ3n) is 6.59. The molecular weight excluding hydrogens is 428 g/mol. The zero-order chi connectivity index (χ0) is 23.2. The van der Waals surface area contributed by atoms with Gasteiger partial charge in [0.05, 0.1) is 23.8 Å². The van der Waals surface area contributed by atoms with Crippen LogP contribution in [-0.2, 0) is 28.5 Å². The van der Waals surface area contributed by atoms with Crippen LogP contribution in [0.1, 0.15) is 32.7 Å². The van der Waals surface area contributed by atoms with Gasteiger partial charge in [-0.2, -0.15) is 0 Å². The molecule has 3 aliphatic heterocycles. The van der Waals surface area contributed by atoms with E-state index in [9.17, 15) is 19.2 Å². The maximum atomic E-state index is 12.6. The van der Waals surface area contributed by atoms with E-state index in [0.29, 0.717) is 17.5 Å². The first-order valence-electron chi connectivity index (χ1n) is 10.8. The van der Waals surface area contributed by atoms with E-state index in [1.54, 1.807) is 48.5 Å². The van der Waals surface area contributed by atoms with Crippen molar-refractivity contribution in [3.8, 4) is 0 Å². The van der Waals surface area contributed by atoms with Crippen molar-refractivity contribution in [2.24, 2.45) is 17.8 Å². The molecule has 170 valence electrons. The minimum Gasteiger partial charge on any atom is -0.462 e. The number of hydrogen-bond donors (Lipinski definition) is 0. The van der Waals surface area contributed by atoms with Crippen molar-refractivity contribution in [1.82, 2.24) is 0 Å². The van der Waals surface area contributed by atoms with E-state index in [-0.39, 0.29) is 19.1 Å². The summed E-state index contributed by atoms with van der Waals surface area (Å²) in [6.07, 6.45) is -0.361. The van der Waals surface area contributed by atoms with Gasteiger partial charge >= 0.3 is 23.9 Å². The van der Waals surface area contributed by atoms with Crippen molar-refractivity contribution in [3.05, 3.63) is 71.3 Å². The van der Waals surface area contributed by atoms with E-state index in [2.05, 4.69) is 0 Å². The van der Waals surface area contributed by atoms with Gasteiger partial charge in [0.1, 0.15) is 24.0 Å². The lowest BCUT2D eigenvalue weighted by Gasteiger charge is -2.31. The van der Waals surface area contributed by atoms with Crippen LogP contribution < -0.4 is 0 Å². The highest BCUT2D eigenvalue weighted by molar-refractivity contribution is 5.98. The van der Waals surface area contributed by atoms with E-state index in [1.807, 2.05) is 13.0 Å². The summed E-state index contributed by atoms with van der Waals surface area (Å²) in [4.78, 5) is 49.7. The van der Waals surface area contributed by atoms with Gasteiger partial charge < -0.3 is 18.9 Å². The third-order valence-corrected chi connectivity index (χ3v) is 6.59. The number of cyclic esters (lactones) is 2. The monoisotopic (exact) mass is 450 g/mol. The molecule has 33 heavy (non-hydrogen) atoms. The molecule has 0 saturated carbocycles. The normalized spacial score (nSPS) is 29.5. The highest BCUT2D eigenvalue weighted by Crippen LogP contribution is 2.57. The van der Waals surface area contributed by atoms with Crippen LogP contribution in [-0.4, -0.2) is 48.8 Å². The van der Waals surface area contributed by atoms with E-state index in [0.717, 1.165) is 5.56 Å². The molecular formula is C25H22O8. The van der Waals surface area contributed by atoms with E-state index >= 15 is 0 Å². The molecule has 3 aliphatic rings. The van der Waals surface area contributed by atoms with Crippen LogP contribution in [0.2, 0.25) is 0 Å². The zero-order valence-electron chi connectivity index (χ0n) is 17.9. The first-order chi connectivity index (χ1) is 15.9. The summed E-state index contributed by atoms with van der Waals surface area (Å²) in [6, 6.07) is 15.5. The van der Waals surface area contributed by atoms with Gasteiger partial charge in [0.15, 0.2) is 0 Å². The summed E-state index contributed by atoms with van der Waals surface area (Å²) in [6.45, 7) is 1.67. The number of hydrogen-bond acceptors (Lipinski definition) is 8. The lowest BCUT2D eigenvalue weighted by molar-refractivity contribution is -0.160. The lowest BCUT2D eigenvalue weighted by atomic mass is 9.69. The van der Waals surface area contributed by atoms with Gasteiger partial charge in [0.25, 0.3) is 0 Å². The largest absolute Gasteiger partial charge is 0.462 e. The molecule has 5 rings (SSSR count). The highest BCUT2D eigenvalue weighted by atomic mass is 16.6. The van der Waals surface area contributed by atoms with Crippen LogP contribution in [0.5, 0.6) is 0 Å². The molecule has 0 aromatic heterocycles. The van der Waals surface area contributed by atoms with Gasteiger partial charge in [-0.15, -0.1) is 0 Å². The number of benzene rings is 2. The number of aryl methyl sites for hydroxylation is 1. The summed E-state index contributed by atoms with van der Waals surface area (Å²) >= 11 is 0. The predicted octanol–water partition coefficient (Wildman–Crippen LogP) is 2.48. The smallest absolute Gasteiger partial charge is 0.338 e. The van der Waals surface area contributed by atoms with E-state index in [1.165, 1.54) is 0 Å². The second kappa shape index (κ2) is 8.12. The number of fused-ring (bicyclic) bond motifs is 5. The number of rotatable bonds is 6. The van der Waals surface area contributed by atoms with Gasteiger partial charge in [0, 0.05) is 5.92 Å². The van der Waals surface area contributed by atoms with Crippen LogP contribution in [0.15, 0.2) is 54.6 Å². The standard InChI is InChI=1S/C25H22O8/c1-14-6-5-9-16(10-14)22(27)31-13-25-11-17(12-30-21(26)15-7-3-2-4-8-15)20(33-25)18-19(25)24(29)32-23(18)28/h2-10,17-20H,11-13H2,1H3/t17-,18?,19?,20+,25-/m0/s1. The van der Waals surface area contributed by atoms with E-state index in [4.69, 9.17) is 18.9 Å². The van der Waals surface area contributed by atoms with Crippen molar-refractivity contribution in [2.75, 3.05) is 13.2 Å². The van der Waals surface area contributed by atoms with Crippen LogP contribution >= 0.6 is 0 Å². The fourth-order valence-electron chi connectivity index (χ4n) is 5.14. The predicted molar refractivity (Wildman–Crippen MR) is 112 cm³/mol. The van der Waals surface area contributed by atoms with Crippen LogP contribution in [0, 0.1) is 24.7 Å². The SMILES string of the molecule is Cc1cccc(C(=O)OC[C@]23C[C@@H](COC(=O)c4ccccc4)[C@@H](O2)C2C(=O)OC(=O)C23)c1. The molecule has 0 amide bonds. The summed E-state index contributed by atoms with van der Waals surface area (Å²) in [7, 11) is 0. The Balaban J connectivity index is 1.31. The first-order valence-corrected chi connectivity index (χ1v) is 10.8. The minimum absolute atomic E-state index is 0.0106. The molecule has 0 N–H and O–H groups in total. The maximum Gasteiger partial charge on any atom is 0.338 e. The maximum absolute atomic E-state index is 12.6. The molecule has 8 heteroatoms. The Morgan fingerprint density at radius 1 is 0.970 bits per heavy atom. The Hall–Kier alpha value is -3.52. The minimum atomic E-state index is -1.19. The average Bonchev–Trinajstić information content (AvgIpc) is 3.45. The summed E-state index contributed by atoms with van der Waals surface area (Å²) in [5.41, 5.74) is 0.513. The van der Waals surface area contributed by atoms with Crippen LogP contribution in [0.25, 0.3) is 0 Å². The molecule has 0 spiro atoms. The fraction of sp³-hybridized carbons (Fsp3) is 0.360. The van der Waals surface area contributed by atoms with Crippen LogP contribution in [0.3, 0.4) is 0 Å². The zero-order valence-corrected chi connectivity index (χ0v) is 17.9. The lowest BCUT2D eigenvalue weighted by Crippen LogP contribution is -2.47. The molecule has 8 nitrogen and oxygen atoms in total. The van der Waals surface area contributed by atoms with Gasteiger partial charge in [-0.25, -0.2) is 9.59 Å². The average molecular weight is 450 g/mol.